The molecule has 4 rings (SSSR count). The van der Waals surface area contributed by atoms with Crippen molar-refractivity contribution in [2.75, 3.05) is 26.2 Å². The number of carbonyl (C=O) groups is 1. The Labute approximate surface area is 154 Å². The first-order valence-corrected chi connectivity index (χ1v) is 9.59. The maximum atomic E-state index is 12.2. The molecule has 26 heavy (non-hydrogen) atoms. The molecule has 6 heteroatoms. The highest BCUT2D eigenvalue weighted by molar-refractivity contribution is 5.81. The molecule has 0 bridgehead atoms. The molecule has 1 saturated heterocycles. The van der Waals surface area contributed by atoms with Gasteiger partial charge in [-0.25, -0.2) is 9.97 Å². The van der Waals surface area contributed by atoms with Crippen LogP contribution in [0, 0.1) is 6.92 Å². The maximum absolute atomic E-state index is 12.2. The second kappa shape index (κ2) is 7.29. The molecule has 1 saturated carbocycles. The number of para-hydroxylation sites is 2. The third kappa shape index (κ3) is 3.86. The number of aromatic nitrogens is 2. The third-order valence-electron chi connectivity index (χ3n) is 5.47. The molecule has 2 aliphatic rings. The fraction of sp³-hybridized carbons (Fsp3) is 0.550. The molecule has 1 N–H and O–H groups in total. The maximum Gasteiger partial charge on any atom is 0.237 e. The minimum atomic E-state index is -0.0417. The summed E-state index contributed by atoms with van der Waals surface area (Å²) in [4.78, 5) is 26.4. The van der Waals surface area contributed by atoms with E-state index in [0.29, 0.717) is 6.04 Å². The van der Waals surface area contributed by atoms with Crippen LogP contribution in [0.25, 0.3) is 11.0 Å². The van der Waals surface area contributed by atoms with Crippen LogP contribution in [-0.2, 0) is 11.3 Å². The minimum Gasteiger partial charge on any atom is -0.352 e. The van der Waals surface area contributed by atoms with Gasteiger partial charge in [0.15, 0.2) is 0 Å². The lowest BCUT2D eigenvalue weighted by Crippen LogP contribution is -2.53. The highest BCUT2D eigenvalue weighted by Crippen LogP contribution is 2.20. The van der Waals surface area contributed by atoms with Gasteiger partial charge in [-0.3, -0.25) is 14.6 Å². The van der Waals surface area contributed by atoms with E-state index in [1.165, 1.54) is 0 Å². The highest BCUT2D eigenvalue weighted by Gasteiger charge is 2.30. The van der Waals surface area contributed by atoms with E-state index in [1.807, 2.05) is 38.1 Å². The van der Waals surface area contributed by atoms with E-state index >= 15 is 0 Å². The molecule has 2 fully saturated rings. The Balaban J connectivity index is 1.35. The predicted molar refractivity (Wildman–Crippen MR) is 102 cm³/mol. The Morgan fingerprint density at radius 3 is 2.46 bits per heavy atom. The molecule has 2 aromatic rings. The quantitative estimate of drug-likeness (QED) is 0.887. The number of aryl methyl sites for hydroxylation is 1. The number of hydrogen-bond acceptors (Lipinski definition) is 5. The van der Waals surface area contributed by atoms with Crippen LogP contribution in [0.4, 0.5) is 0 Å². The van der Waals surface area contributed by atoms with Crippen molar-refractivity contribution in [3.63, 3.8) is 0 Å². The molecule has 0 radical (unpaired) electrons. The summed E-state index contributed by atoms with van der Waals surface area (Å²) in [6.45, 7) is 8.62. The van der Waals surface area contributed by atoms with Gasteiger partial charge in [0, 0.05) is 38.8 Å². The van der Waals surface area contributed by atoms with E-state index in [0.717, 1.165) is 68.0 Å². The zero-order chi connectivity index (χ0) is 18.1. The van der Waals surface area contributed by atoms with Gasteiger partial charge in [-0.05, 0) is 38.8 Å². The lowest BCUT2D eigenvalue weighted by Gasteiger charge is -2.37. The number of fused-ring (bicyclic) bond motifs is 1. The zero-order valence-corrected chi connectivity index (χ0v) is 15.6. The molecule has 1 atom stereocenters. The summed E-state index contributed by atoms with van der Waals surface area (Å²) in [7, 11) is 0. The van der Waals surface area contributed by atoms with Gasteiger partial charge in [-0.2, -0.15) is 0 Å². The molecule has 2 heterocycles. The lowest BCUT2D eigenvalue weighted by molar-refractivity contribution is -0.126. The second-order valence-corrected chi connectivity index (χ2v) is 7.52. The predicted octanol–water partition coefficient (Wildman–Crippen LogP) is 1.72. The number of nitrogens with one attached hydrogen (secondary N) is 1. The van der Waals surface area contributed by atoms with E-state index in [9.17, 15) is 4.79 Å². The van der Waals surface area contributed by atoms with Crippen LogP contribution in [0.2, 0.25) is 0 Å². The number of benzene rings is 1. The molecule has 1 aliphatic carbocycles. The van der Waals surface area contributed by atoms with E-state index < -0.39 is 0 Å². The van der Waals surface area contributed by atoms with Gasteiger partial charge >= 0.3 is 0 Å². The van der Waals surface area contributed by atoms with E-state index in [-0.39, 0.29) is 11.9 Å². The van der Waals surface area contributed by atoms with Gasteiger partial charge in [0.25, 0.3) is 0 Å². The highest BCUT2D eigenvalue weighted by atomic mass is 16.2. The van der Waals surface area contributed by atoms with Crippen LogP contribution in [-0.4, -0.2) is 63.9 Å². The molecule has 1 amide bonds. The molecule has 1 aromatic heterocycles. The number of rotatable bonds is 5. The van der Waals surface area contributed by atoms with Crippen LogP contribution in [0.3, 0.4) is 0 Å². The largest absolute Gasteiger partial charge is 0.352 e. The molecule has 138 valence electrons. The topological polar surface area (TPSA) is 61.4 Å². The second-order valence-electron chi connectivity index (χ2n) is 7.52. The Kier molecular flexibility index (Phi) is 4.87. The van der Waals surface area contributed by atoms with Gasteiger partial charge in [0.1, 0.15) is 0 Å². The molecular weight excluding hydrogens is 326 g/mol. The molecule has 0 unspecified atom stereocenters. The fourth-order valence-corrected chi connectivity index (χ4v) is 3.51. The van der Waals surface area contributed by atoms with Gasteiger partial charge in [0.2, 0.25) is 5.91 Å². The van der Waals surface area contributed by atoms with Crippen LogP contribution in [0.1, 0.15) is 31.2 Å². The first-order valence-electron chi connectivity index (χ1n) is 9.59. The SMILES string of the molecule is Cc1nc2ccccc2nc1CN1CCN([C@H](C)C(=O)NC2CC2)CC1. The van der Waals surface area contributed by atoms with E-state index in [4.69, 9.17) is 4.98 Å². The van der Waals surface area contributed by atoms with Crippen molar-refractivity contribution in [2.45, 2.75) is 45.3 Å². The minimum absolute atomic E-state index is 0.0417. The van der Waals surface area contributed by atoms with Gasteiger partial charge in [0.05, 0.1) is 28.5 Å². The molecule has 1 aromatic carbocycles. The molecule has 0 spiro atoms. The van der Waals surface area contributed by atoms with E-state index in [1.54, 1.807) is 0 Å². The van der Waals surface area contributed by atoms with E-state index in [2.05, 4.69) is 20.1 Å². The summed E-state index contributed by atoms with van der Waals surface area (Å²) >= 11 is 0. The summed E-state index contributed by atoms with van der Waals surface area (Å²) in [6, 6.07) is 8.41. The van der Waals surface area contributed by atoms with Crippen molar-refractivity contribution in [3.05, 3.63) is 35.7 Å². The molecular formula is C20H27N5O. The third-order valence-corrected chi connectivity index (χ3v) is 5.47. The summed E-state index contributed by atoms with van der Waals surface area (Å²) in [5, 5.41) is 3.11. The summed E-state index contributed by atoms with van der Waals surface area (Å²) in [5.41, 5.74) is 3.96. The van der Waals surface area contributed by atoms with Crippen LogP contribution < -0.4 is 5.32 Å². The number of carbonyl (C=O) groups excluding carboxylic acids is 1. The number of nitrogens with zero attached hydrogens (tertiary/aromatic N) is 4. The van der Waals surface area contributed by atoms with Crippen molar-refractivity contribution in [1.82, 2.24) is 25.1 Å². The summed E-state index contributed by atoms with van der Waals surface area (Å²) in [6.07, 6.45) is 2.27. The van der Waals surface area contributed by atoms with Crippen molar-refractivity contribution in [1.29, 1.82) is 0 Å². The zero-order valence-electron chi connectivity index (χ0n) is 15.6. The van der Waals surface area contributed by atoms with Gasteiger partial charge in [-0.1, -0.05) is 12.1 Å². The first-order chi connectivity index (χ1) is 12.6. The van der Waals surface area contributed by atoms with Crippen molar-refractivity contribution >= 4 is 16.9 Å². The average Bonchev–Trinajstić information content (AvgIpc) is 3.46. The monoisotopic (exact) mass is 353 g/mol. The van der Waals surface area contributed by atoms with Gasteiger partial charge < -0.3 is 5.32 Å². The fourth-order valence-electron chi connectivity index (χ4n) is 3.51. The van der Waals surface area contributed by atoms with Crippen molar-refractivity contribution < 1.29 is 4.79 Å². The lowest BCUT2D eigenvalue weighted by atomic mass is 10.2. The van der Waals surface area contributed by atoms with Gasteiger partial charge in [-0.15, -0.1) is 0 Å². The first kappa shape index (κ1) is 17.4. The molecule has 6 nitrogen and oxygen atoms in total. The standard InChI is InChI=1S/C20H27N5O/c1-14-19(23-18-6-4-3-5-17(18)21-14)13-24-9-11-25(12-10-24)15(2)20(26)22-16-7-8-16/h3-6,15-16H,7-13H2,1-2H3,(H,22,26)/t15-/m1/s1. The van der Waals surface area contributed by atoms with Crippen molar-refractivity contribution in [3.8, 4) is 0 Å². The number of amides is 1. The number of piperazine rings is 1. The average molecular weight is 353 g/mol. The Morgan fingerprint density at radius 1 is 1.15 bits per heavy atom. The van der Waals surface area contributed by atoms with Crippen LogP contribution >= 0.6 is 0 Å². The van der Waals surface area contributed by atoms with Crippen molar-refractivity contribution in [2.24, 2.45) is 0 Å². The molecule has 1 aliphatic heterocycles. The Bertz CT molecular complexity index is 796. The van der Waals surface area contributed by atoms with Crippen LogP contribution in [0.5, 0.6) is 0 Å². The Morgan fingerprint density at radius 2 is 1.81 bits per heavy atom. The summed E-state index contributed by atoms with van der Waals surface area (Å²) in [5.74, 6) is 0.178. The smallest absolute Gasteiger partial charge is 0.237 e. The normalized spacial score (nSPS) is 20.2. The van der Waals surface area contributed by atoms with Crippen LogP contribution in [0.15, 0.2) is 24.3 Å². The Hall–Kier alpha value is -2.05. The summed E-state index contributed by atoms with van der Waals surface area (Å²) < 4.78 is 0. The number of hydrogen-bond donors (Lipinski definition) is 1.